The van der Waals surface area contributed by atoms with Gasteiger partial charge >= 0.3 is 6.18 Å². The highest BCUT2D eigenvalue weighted by atomic mass is 35.5. The molecule has 4 rings (SSSR count). The molecule has 0 atom stereocenters. The largest absolute Gasteiger partial charge is 0.416 e. The molecule has 0 unspecified atom stereocenters. The molecule has 0 radical (unpaired) electrons. The van der Waals surface area contributed by atoms with Crippen LogP contribution in [0, 0.1) is 0 Å². The number of imidazole rings is 1. The second kappa shape index (κ2) is 5.97. The molecule has 4 nitrogen and oxygen atoms in total. The maximum absolute atomic E-state index is 13.0. The molecule has 1 saturated heterocycles. The van der Waals surface area contributed by atoms with Crippen molar-refractivity contribution in [2.24, 2.45) is 0 Å². The van der Waals surface area contributed by atoms with Crippen molar-refractivity contribution in [1.29, 1.82) is 0 Å². The van der Waals surface area contributed by atoms with Gasteiger partial charge in [0.25, 0.3) is 0 Å². The molecule has 26 heavy (non-hydrogen) atoms. The maximum atomic E-state index is 13.0. The van der Waals surface area contributed by atoms with Crippen LogP contribution in [0.4, 0.5) is 13.2 Å². The predicted octanol–water partition coefficient (Wildman–Crippen LogP) is 4.14. The lowest BCUT2D eigenvalue weighted by Gasteiger charge is -2.36. The lowest BCUT2D eigenvalue weighted by atomic mass is 10.0. The van der Waals surface area contributed by atoms with Crippen LogP contribution in [0.25, 0.3) is 22.2 Å². The van der Waals surface area contributed by atoms with E-state index >= 15 is 0 Å². The first-order valence-electron chi connectivity index (χ1n) is 7.87. The first-order chi connectivity index (χ1) is 12.3. The molecule has 136 valence electrons. The van der Waals surface area contributed by atoms with Gasteiger partial charge in [0.05, 0.1) is 42.7 Å². The van der Waals surface area contributed by atoms with Gasteiger partial charge in [0.1, 0.15) is 5.60 Å². The van der Waals surface area contributed by atoms with E-state index in [0.29, 0.717) is 28.7 Å². The number of aromatic nitrogens is 2. The van der Waals surface area contributed by atoms with E-state index in [1.807, 2.05) is 0 Å². The van der Waals surface area contributed by atoms with Gasteiger partial charge < -0.3 is 14.4 Å². The van der Waals surface area contributed by atoms with Crippen LogP contribution in [0.2, 0.25) is 5.02 Å². The molecule has 1 N–H and O–H groups in total. The van der Waals surface area contributed by atoms with E-state index in [9.17, 15) is 18.3 Å². The highest BCUT2D eigenvalue weighted by Crippen LogP contribution is 2.36. The van der Waals surface area contributed by atoms with Gasteiger partial charge in [-0.1, -0.05) is 17.7 Å². The van der Waals surface area contributed by atoms with E-state index in [1.54, 1.807) is 29.1 Å². The Kier molecular flexibility index (Phi) is 3.98. The van der Waals surface area contributed by atoms with Crippen molar-refractivity contribution < 1.29 is 23.0 Å². The summed E-state index contributed by atoms with van der Waals surface area (Å²) in [4.78, 5) is 4.27. The van der Waals surface area contributed by atoms with Crippen molar-refractivity contribution in [3.8, 4) is 11.1 Å². The standard InChI is InChI=1S/C18H14ClF3N2O2/c19-14-3-2-12(18(20,21)22)6-13(14)11-1-4-15-16(5-11)24(10-23-15)7-17(25)8-26-9-17/h1-6,10,25H,7-9H2. The van der Waals surface area contributed by atoms with E-state index in [1.165, 1.54) is 6.07 Å². The first-order valence-corrected chi connectivity index (χ1v) is 8.25. The van der Waals surface area contributed by atoms with Crippen molar-refractivity contribution in [2.75, 3.05) is 13.2 Å². The average Bonchev–Trinajstić information content (AvgIpc) is 2.95. The molecule has 8 heteroatoms. The third kappa shape index (κ3) is 3.06. The Hall–Kier alpha value is -2.09. The summed E-state index contributed by atoms with van der Waals surface area (Å²) >= 11 is 6.14. The third-order valence-corrected chi connectivity index (χ3v) is 4.76. The summed E-state index contributed by atoms with van der Waals surface area (Å²) in [6.45, 7) is 0.779. The number of alkyl halides is 3. The van der Waals surface area contributed by atoms with E-state index < -0.39 is 17.3 Å². The van der Waals surface area contributed by atoms with Gasteiger partial charge in [0.15, 0.2) is 0 Å². The summed E-state index contributed by atoms with van der Waals surface area (Å²) in [5, 5.41) is 10.5. The van der Waals surface area contributed by atoms with Crippen molar-refractivity contribution in [2.45, 2.75) is 18.3 Å². The van der Waals surface area contributed by atoms with Crippen LogP contribution in [-0.2, 0) is 17.5 Å². The molecule has 0 bridgehead atoms. The zero-order chi connectivity index (χ0) is 18.5. The molecule has 0 saturated carbocycles. The minimum atomic E-state index is -4.45. The molecule has 1 fully saturated rings. The number of aliphatic hydroxyl groups is 1. The van der Waals surface area contributed by atoms with Crippen LogP contribution in [0.5, 0.6) is 0 Å². The number of hydrogen-bond acceptors (Lipinski definition) is 3. The fourth-order valence-electron chi connectivity index (χ4n) is 3.02. The van der Waals surface area contributed by atoms with Gasteiger partial charge in [0.2, 0.25) is 0 Å². The second-order valence-electron chi connectivity index (χ2n) is 6.49. The average molecular weight is 383 g/mol. The number of ether oxygens (including phenoxy) is 1. The number of halogens is 4. The fourth-order valence-corrected chi connectivity index (χ4v) is 3.25. The predicted molar refractivity (Wildman–Crippen MR) is 90.9 cm³/mol. The quantitative estimate of drug-likeness (QED) is 0.740. The molecular formula is C18H14ClF3N2O2. The van der Waals surface area contributed by atoms with Gasteiger partial charge in [0, 0.05) is 10.6 Å². The first kappa shape index (κ1) is 17.3. The highest BCUT2D eigenvalue weighted by Gasteiger charge is 2.36. The zero-order valence-corrected chi connectivity index (χ0v) is 14.2. The lowest BCUT2D eigenvalue weighted by molar-refractivity contribution is -0.184. The Morgan fingerprint density at radius 1 is 1.19 bits per heavy atom. The van der Waals surface area contributed by atoms with Gasteiger partial charge in [-0.05, 0) is 35.9 Å². The number of nitrogens with zero attached hydrogens (tertiary/aromatic N) is 2. The van der Waals surface area contributed by atoms with Crippen LogP contribution < -0.4 is 0 Å². The molecule has 0 spiro atoms. The van der Waals surface area contributed by atoms with Crippen molar-refractivity contribution >= 4 is 22.6 Å². The third-order valence-electron chi connectivity index (χ3n) is 4.43. The summed E-state index contributed by atoms with van der Waals surface area (Å²) in [6, 6.07) is 8.38. The van der Waals surface area contributed by atoms with Gasteiger partial charge in [-0.15, -0.1) is 0 Å². The number of hydrogen-bond donors (Lipinski definition) is 1. The summed E-state index contributed by atoms with van der Waals surface area (Å²) in [7, 11) is 0. The molecule has 1 aliphatic rings. The molecule has 2 heterocycles. The molecular weight excluding hydrogens is 369 g/mol. The molecule has 0 amide bonds. The number of benzene rings is 2. The Balaban J connectivity index is 1.78. The van der Waals surface area contributed by atoms with E-state index in [-0.39, 0.29) is 18.2 Å². The molecule has 0 aliphatic carbocycles. The van der Waals surface area contributed by atoms with Gasteiger partial charge in [-0.25, -0.2) is 4.98 Å². The Labute approximate surface area is 151 Å². The molecule has 3 aromatic rings. The van der Waals surface area contributed by atoms with Gasteiger partial charge in [-0.2, -0.15) is 13.2 Å². The number of fused-ring (bicyclic) bond motifs is 1. The molecule has 1 aliphatic heterocycles. The van der Waals surface area contributed by atoms with Crippen LogP contribution in [-0.4, -0.2) is 33.5 Å². The topological polar surface area (TPSA) is 47.3 Å². The van der Waals surface area contributed by atoms with E-state index in [0.717, 1.165) is 12.1 Å². The summed E-state index contributed by atoms with van der Waals surface area (Å²) in [5.41, 5.74) is 0.523. The van der Waals surface area contributed by atoms with E-state index in [4.69, 9.17) is 16.3 Å². The maximum Gasteiger partial charge on any atom is 0.416 e. The molecule has 2 aromatic carbocycles. The SMILES string of the molecule is OC1(Cn2cnc3ccc(-c4cc(C(F)(F)F)ccc4Cl)cc32)COC1. The van der Waals surface area contributed by atoms with Crippen LogP contribution in [0.3, 0.4) is 0 Å². The normalized spacial score (nSPS) is 16.7. The zero-order valence-electron chi connectivity index (χ0n) is 13.4. The van der Waals surface area contributed by atoms with E-state index in [2.05, 4.69) is 4.98 Å². The summed E-state index contributed by atoms with van der Waals surface area (Å²) in [6.07, 6.45) is -2.85. The smallest absolute Gasteiger partial charge is 0.383 e. The second-order valence-corrected chi connectivity index (χ2v) is 6.89. The van der Waals surface area contributed by atoms with Crippen LogP contribution in [0.1, 0.15) is 5.56 Å². The van der Waals surface area contributed by atoms with Crippen LogP contribution in [0.15, 0.2) is 42.7 Å². The Morgan fingerprint density at radius 2 is 1.96 bits per heavy atom. The molecule has 1 aromatic heterocycles. The number of rotatable bonds is 3. The minimum Gasteiger partial charge on any atom is -0.383 e. The fraction of sp³-hybridized carbons (Fsp3) is 0.278. The Bertz CT molecular complexity index is 980. The van der Waals surface area contributed by atoms with Crippen LogP contribution >= 0.6 is 11.6 Å². The summed E-state index contributed by atoms with van der Waals surface area (Å²) in [5.74, 6) is 0. The van der Waals surface area contributed by atoms with Crippen molar-refractivity contribution in [3.63, 3.8) is 0 Å². The lowest BCUT2D eigenvalue weighted by Crippen LogP contribution is -2.52. The monoisotopic (exact) mass is 382 g/mol. The van der Waals surface area contributed by atoms with Crippen molar-refractivity contribution in [3.05, 3.63) is 53.3 Å². The Morgan fingerprint density at radius 3 is 2.62 bits per heavy atom. The van der Waals surface area contributed by atoms with Crippen molar-refractivity contribution in [1.82, 2.24) is 9.55 Å². The highest BCUT2D eigenvalue weighted by molar-refractivity contribution is 6.33. The summed E-state index contributed by atoms with van der Waals surface area (Å²) < 4.78 is 45.9. The minimum absolute atomic E-state index is 0.231. The van der Waals surface area contributed by atoms with Gasteiger partial charge in [-0.3, -0.25) is 0 Å².